The van der Waals surface area contributed by atoms with Gasteiger partial charge in [0.05, 0.1) is 5.35 Å². The Morgan fingerprint density at radius 3 is 2.88 bits per heavy atom. The molecule has 88 valence electrons. The van der Waals surface area contributed by atoms with Crippen molar-refractivity contribution >= 4 is 23.7 Å². The standard InChI is InChI=1S/C11H13N5O/c1-4-7-8(5-6(2)3)13-10(12)16-9(7)14-15-11(16)17/h4-5H,2H2,1,3H3,(H2,12,13)(H,15,17)/b7-4+,8-5+. The number of aromatic nitrogens is 4. The summed E-state index contributed by atoms with van der Waals surface area (Å²) in [5, 5.41) is 7.70. The van der Waals surface area contributed by atoms with E-state index in [1.807, 2.05) is 19.9 Å². The van der Waals surface area contributed by atoms with Crippen LogP contribution in [-0.4, -0.2) is 19.6 Å². The average molecular weight is 231 g/mol. The predicted octanol–water partition coefficient (Wildman–Crippen LogP) is -0.843. The van der Waals surface area contributed by atoms with E-state index in [0.717, 1.165) is 10.8 Å². The molecule has 0 aliphatic rings. The first-order valence-electron chi connectivity index (χ1n) is 5.10. The van der Waals surface area contributed by atoms with Gasteiger partial charge < -0.3 is 5.73 Å². The van der Waals surface area contributed by atoms with Gasteiger partial charge in [0.15, 0.2) is 5.65 Å². The Morgan fingerprint density at radius 2 is 2.29 bits per heavy atom. The number of H-pyrrole nitrogens is 1. The lowest BCUT2D eigenvalue weighted by Crippen LogP contribution is -2.34. The second-order valence-electron chi connectivity index (χ2n) is 3.74. The summed E-state index contributed by atoms with van der Waals surface area (Å²) in [6.07, 6.45) is 3.63. The first-order valence-corrected chi connectivity index (χ1v) is 5.10. The molecule has 0 aliphatic heterocycles. The second-order valence-corrected chi connectivity index (χ2v) is 3.74. The lowest BCUT2D eigenvalue weighted by molar-refractivity contribution is 0.998. The van der Waals surface area contributed by atoms with E-state index in [1.165, 1.54) is 4.40 Å². The molecule has 0 spiro atoms. The van der Waals surface area contributed by atoms with Crippen molar-refractivity contribution in [1.82, 2.24) is 19.6 Å². The Labute approximate surface area is 96.8 Å². The molecule has 2 rings (SSSR count). The van der Waals surface area contributed by atoms with Crippen LogP contribution in [0.5, 0.6) is 0 Å². The quantitative estimate of drug-likeness (QED) is 0.669. The Balaban J connectivity index is 3.10. The lowest BCUT2D eigenvalue weighted by atomic mass is 10.2. The molecule has 0 bridgehead atoms. The van der Waals surface area contributed by atoms with Crippen LogP contribution in [-0.2, 0) is 0 Å². The van der Waals surface area contributed by atoms with Gasteiger partial charge >= 0.3 is 5.69 Å². The van der Waals surface area contributed by atoms with Gasteiger partial charge in [-0.3, -0.25) is 0 Å². The van der Waals surface area contributed by atoms with Crippen molar-refractivity contribution < 1.29 is 0 Å². The number of nitrogen functional groups attached to an aromatic ring is 1. The van der Waals surface area contributed by atoms with E-state index < -0.39 is 5.69 Å². The van der Waals surface area contributed by atoms with E-state index in [0.29, 0.717) is 11.0 Å². The molecule has 0 atom stereocenters. The fourth-order valence-corrected chi connectivity index (χ4v) is 1.66. The van der Waals surface area contributed by atoms with Gasteiger partial charge in [-0.1, -0.05) is 18.2 Å². The average Bonchev–Trinajstić information content (AvgIpc) is 2.61. The highest BCUT2D eigenvalue weighted by Gasteiger charge is 2.06. The summed E-state index contributed by atoms with van der Waals surface area (Å²) in [5.74, 6) is 0.108. The number of hydrogen-bond donors (Lipinski definition) is 2. The zero-order valence-corrected chi connectivity index (χ0v) is 9.69. The molecule has 2 aromatic rings. The summed E-state index contributed by atoms with van der Waals surface area (Å²) >= 11 is 0. The minimum absolute atomic E-state index is 0.108. The Morgan fingerprint density at radius 1 is 1.59 bits per heavy atom. The van der Waals surface area contributed by atoms with Crippen LogP contribution in [0.3, 0.4) is 0 Å². The molecule has 6 nitrogen and oxygen atoms in total. The smallest absolute Gasteiger partial charge is 0.350 e. The highest BCUT2D eigenvalue weighted by atomic mass is 16.1. The molecule has 2 aromatic heterocycles. The fourth-order valence-electron chi connectivity index (χ4n) is 1.66. The highest BCUT2D eigenvalue weighted by Crippen LogP contribution is 1.92. The third-order valence-electron chi connectivity index (χ3n) is 2.33. The lowest BCUT2D eigenvalue weighted by Gasteiger charge is -1.98. The first kappa shape index (κ1) is 11.1. The van der Waals surface area contributed by atoms with Gasteiger partial charge in [0.2, 0.25) is 5.95 Å². The molecule has 0 amide bonds. The van der Waals surface area contributed by atoms with Gasteiger partial charge in [0, 0.05) is 5.22 Å². The van der Waals surface area contributed by atoms with Crippen molar-refractivity contribution in [2.75, 3.05) is 5.73 Å². The molecule has 0 unspecified atom stereocenters. The van der Waals surface area contributed by atoms with Crippen molar-refractivity contribution in [1.29, 1.82) is 0 Å². The maximum atomic E-state index is 11.5. The van der Waals surface area contributed by atoms with Crippen LogP contribution >= 0.6 is 0 Å². The second kappa shape index (κ2) is 3.89. The van der Waals surface area contributed by atoms with Crippen molar-refractivity contribution in [3.05, 3.63) is 33.2 Å². The number of aromatic amines is 1. The van der Waals surface area contributed by atoms with Gasteiger partial charge in [0.25, 0.3) is 0 Å². The molecule has 0 fully saturated rings. The number of nitrogens with one attached hydrogen (secondary N) is 1. The summed E-state index contributed by atoms with van der Waals surface area (Å²) in [6, 6.07) is 0. The largest absolute Gasteiger partial charge is 0.369 e. The molecule has 0 radical (unpaired) electrons. The first-order chi connectivity index (χ1) is 8.04. The topological polar surface area (TPSA) is 89.1 Å². The highest BCUT2D eigenvalue weighted by molar-refractivity contribution is 5.52. The van der Waals surface area contributed by atoms with Gasteiger partial charge in [0.1, 0.15) is 0 Å². The number of allylic oxidation sites excluding steroid dienone is 1. The zero-order chi connectivity index (χ0) is 12.6. The van der Waals surface area contributed by atoms with Crippen LogP contribution in [0.25, 0.3) is 17.8 Å². The monoisotopic (exact) mass is 231 g/mol. The minimum atomic E-state index is -0.394. The van der Waals surface area contributed by atoms with E-state index in [9.17, 15) is 4.79 Å². The van der Waals surface area contributed by atoms with E-state index in [4.69, 9.17) is 5.73 Å². The zero-order valence-electron chi connectivity index (χ0n) is 9.69. The molecule has 0 aliphatic carbocycles. The van der Waals surface area contributed by atoms with Crippen LogP contribution in [0.15, 0.2) is 16.9 Å². The van der Waals surface area contributed by atoms with Crippen molar-refractivity contribution in [3.63, 3.8) is 0 Å². The van der Waals surface area contributed by atoms with Gasteiger partial charge in [-0.15, -0.1) is 0 Å². The van der Waals surface area contributed by atoms with E-state index in [2.05, 4.69) is 21.8 Å². The number of rotatable bonds is 1. The molecular formula is C11H13N5O. The predicted molar refractivity (Wildman–Crippen MR) is 66.7 cm³/mol. The van der Waals surface area contributed by atoms with Gasteiger partial charge in [-0.05, 0) is 19.9 Å². The number of hydrogen-bond acceptors (Lipinski definition) is 4. The summed E-state index contributed by atoms with van der Waals surface area (Å²) in [5.41, 5.74) is 6.66. The Hall–Kier alpha value is -2.37. The molecule has 0 aromatic carbocycles. The van der Waals surface area contributed by atoms with Crippen LogP contribution in [0.2, 0.25) is 0 Å². The SMILES string of the molecule is C=C(C)/C=c1/nc(N)n2c(=O)[nH]nc2/c1=C/C. The summed E-state index contributed by atoms with van der Waals surface area (Å²) in [6.45, 7) is 7.50. The van der Waals surface area contributed by atoms with Crippen molar-refractivity contribution in [3.8, 4) is 0 Å². The number of fused-ring (bicyclic) bond motifs is 1. The molecule has 3 N–H and O–H groups in total. The Bertz CT molecular complexity index is 765. The summed E-state index contributed by atoms with van der Waals surface area (Å²) < 4.78 is 1.24. The maximum absolute atomic E-state index is 11.5. The van der Waals surface area contributed by atoms with Gasteiger partial charge in [-0.2, -0.15) is 5.10 Å². The van der Waals surface area contributed by atoms with E-state index in [-0.39, 0.29) is 5.95 Å². The normalized spacial score (nSPS) is 13.5. The van der Waals surface area contributed by atoms with Crippen LogP contribution in [0.1, 0.15) is 13.8 Å². The van der Waals surface area contributed by atoms with Crippen molar-refractivity contribution in [2.24, 2.45) is 0 Å². The molecule has 0 saturated heterocycles. The minimum Gasteiger partial charge on any atom is -0.369 e. The van der Waals surface area contributed by atoms with Crippen LogP contribution < -0.4 is 22.0 Å². The summed E-state index contributed by atoms with van der Waals surface area (Å²) in [7, 11) is 0. The number of nitrogens with zero attached hydrogens (tertiary/aromatic N) is 3. The molecule has 2 heterocycles. The number of nitrogens with two attached hydrogens (primary N) is 1. The fraction of sp³-hybridized carbons (Fsp3) is 0.182. The van der Waals surface area contributed by atoms with E-state index >= 15 is 0 Å². The van der Waals surface area contributed by atoms with Crippen LogP contribution in [0.4, 0.5) is 5.95 Å². The van der Waals surface area contributed by atoms with E-state index in [1.54, 1.807) is 6.08 Å². The third kappa shape index (κ3) is 1.73. The van der Waals surface area contributed by atoms with Crippen molar-refractivity contribution in [2.45, 2.75) is 13.8 Å². The molecular weight excluding hydrogens is 218 g/mol. The Kier molecular flexibility index (Phi) is 2.55. The maximum Gasteiger partial charge on any atom is 0.350 e. The number of anilines is 1. The van der Waals surface area contributed by atoms with Crippen LogP contribution in [0, 0.1) is 0 Å². The molecule has 17 heavy (non-hydrogen) atoms. The summed E-state index contributed by atoms with van der Waals surface area (Å²) in [4.78, 5) is 15.7. The molecule has 6 heteroatoms. The molecule has 0 saturated carbocycles. The van der Waals surface area contributed by atoms with Gasteiger partial charge in [-0.25, -0.2) is 19.3 Å². The third-order valence-corrected chi connectivity index (χ3v) is 2.33.